The molecule has 0 spiro atoms. The van der Waals surface area contributed by atoms with Crippen LogP contribution in [-0.2, 0) is 4.79 Å². The van der Waals surface area contributed by atoms with Gasteiger partial charge in [0.15, 0.2) is 23.3 Å². The Hall–Kier alpha value is -2.51. The molecule has 5 nitrogen and oxygen atoms in total. The summed E-state index contributed by atoms with van der Waals surface area (Å²) >= 11 is 1.51. The fourth-order valence-corrected chi connectivity index (χ4v) is 4.17. The second-order valence-electron chi connectivity index (χ2n) is 7.29. The van der Waals surface area contributed by atoms with Crippen LogP contribution in [0.3, 0.4) is 0 Å². The third kappa shape index (κ3) is 5.10. The molecule has 2 aromatic carbocycles. The zero-order valence-electron chi connectivity index (χ0n) is 17.2. The largest absolute Gasteiger partial charge is 0.481 e. The van der Waals surface area contributed by atoms with Gasteiger partial charge >= 0.3 is 0 Å². The van der Waals surface area contributed by atoms with E-state index in [4.69, 9.17) is 9.72 Å². The molecule has 0 aliphatic heterocycles. The van der Waals surface area contributed by atoms with Crippen molar-refractivity contribution in [3.05, 3.63) is 53.3 Å². The molecule has 3 aromatic rings. The lowest BCUT2D eigenvalue weighted by Crippen LogP contribution is -2.37. The summed E-state index contributed by atoms with van der Waals surface area (Å²) < 4.78 is 20.4. The number of rotatable bonds is 8. The Kier molecular flexibility index (Phi) is 6.82. The Morgan fingerprint density at radius 1 is 1.10 bits per heavy atom. The molecule has 154 valence electrons. The molecule has 1 amide bonds. The maximum Gasteiger partial charge on any atom is 0.266 e. The summed E-state index contributed by atoms with van der Waals surface area (Å²) in [6.07, 6.45) is 0.798. The van der Waals surface area contributed by atoms with Crippen LogP contribution in [0.1, 0.15) is 17.5 Å². The molecule has 0 aliphatic rings. The van der Waals surface area contributed by atoms with Gasteiger partial charge in [-0.05, 0) is 64.2 Å². The third-order valence-corrected chi connectivity index (χ3v) is 5.85. The van der Waals surface area contributed by atoms with Crippen LogP contribution >= 0.6 is 11.3 Å². The standard InChI is InChI=1S/C22H26FN3O2S/c1-15-10-11-16(2)21-20(15)24-22(29-21)26(13-7-12-25(3)4)19(27)14-28-18-9-6-5-8-17(18)23/h5-6,8-11H,7,12-14H2,1-4H3. The van der Waals surface area contributed by atoms with E-state index >= 15 is 0 Å². The van der Waals surface area contributed by atoms with E-state index in [0.29, 0.717) is 11.7 Å². The molecule has 1 heterocycles. The number of benzene rings is 2. The molecule has 0 atom stereocenters. The summed E-state index contributed by atoms with van der Waals surface area (Å²) in [4.78, 5) is 21.5. The highest BCUT2D eigenvalue weighted by Gasteiger charge is 2.21. The van der Waals surface area contributed by atoms with Crippen LogP contribution in [0, 0.1) is 19.7 Å². The summed E-state index contributed by atoms with van der Waals surface area (Å²) in [5.41, 5.74) is 3.14. The number of aromatic nitrogens is 1. The number of fused-ring (bicyclic) bond motifs is 1. The molecule has 0 saturated carbocycles. The molecule has 0 aliphatic carbocycles. The molecule has 0 bridgehead atoms. The van der Waals surface area contributed by atoms with Crippen molar-refractivity contribution in [2.45, 2.75) is 20.3 Å². The third-order valence-electron chi connectivity index (χ3n) is 4.64. The Morgan fingerprint density at radius 2 is 1.83 bits per heavy atom. The molecule has 0 fully saturated rings. The van der Waals surface area contributed by atoms with E-state index in [9.17, 15) is 9.18 Å². The molecule has 7 heteroatoms. The fraction of sp³-hybridized carbons (Fsp3) is 0.364. The first kappa shape index (κ1) is 21.2. The Morgan fingerprint density at radius 3 is 2.52 bits per heavy atom. The van der Waals surface area contributed by atoms with Crippen LogP contribution in [0.2, 0.25) is 0 Å². The lowest BCUT2D eigenvalue weighted by atomic mass is 10.1. The van der Waals surface area contributed by atoms with Gasteiger partial charge in [0.25, 0.3) is 5.91 Å². The first-order chi connectivity index (χ1) is 13.9. The van der Waals surface area contributed by atoms with Crippen LogP contribution in [0.15, 0.2) is 36.4 Å². The van der Waals surface area contributed by atoms with Crippen molar-refractivity contribution >= 4 is 32.6 Å². The summed E-state index contributed by atoms with van der Waals surface area (Å²) in [7, 11) is 4.00. The number of amides is 1. The molecule has 0 saturated heterocycles. The number of thiazole rings is 1. The Bertz CT molecular complexity index is 964. The average Bonchev–Trinajstić information content (AvgIpc) is 3.13. The molecular weight excluding hydrogens is 389 g/mol. The predicted octanol–water partition coefficient (Wildman–Crippen LogP) is 4.42. The number of carbonyl (C=O) groups excluding carboxylic acids is 1. The molecule has 0 unspecified atom stereocenters. The summed E-state index contributed by atoms with van der Waals surface area (Å²) in [6.45, 7) is 5.20. The number of hydrogen-bond acceptors (Lipinski definition) is 5. The zero-order valence-corrected chi connectivity index (χ0v) is 18.1. The van der Waals surface area contributed by atoms with Crippen LogP contribution in [0.5, 0.6) is 5.75 Å². The highest BCUT2D eigenvalue weighted by molar-refractivity contribution is 7.22. The monoisotopic (exact) mass is 415 g/mol. The zero-order chi connectivity index (χ0) is 21.0. The Balaban J connectivity index is 1.84. The molecular formula is C22H26FN3O2S. The van der Waals surface area contributed by atoms with Crippen molar-refractivity contribution in [3.8, 4) is 5.75 Å². The fourth-order valence-electron chi connectivity index (χ4n) is 3.01. The number of carbonyl (C=O) groups is 1. The first-order valence-corrected chi connectivity index (χ1v) is 10.4. The van der Waals surface area contributed by atoms with E-state index in [0.717, 1.165) is 34.3 Å². The number of ether oxygens (including phenoxy) is 1. The van der Waals surface area contributed by atoms with Crippen molar-refractivity contribution in [3.63, 3.8) is 0 Å². The van der Waals surface area contributed by atoms with Gasteiger partial charge in [0.2, 0.25) is 0 Å². The van der Waals surface area contributed by atoms with Gasteiger partial charge in [-0.3, -0.25) is 9.69 Å². The van der Waals surface area contributed by atoms with Crippen molar-refractivity contribution in [2.24, 2.45) is 0 Å². The minimum Gasteiger partial charge on any atom is -0.481 e. The number of aryl methyl sites for hydroxylation is 2. The van der Waals surface area contributed by atoms with Gasteiger partial charge in [0, 0.05) is 6.54 Å². The van der Waals surface area contributed by atoms with Gasteiger partial charge in [0.05, 0.1) is 10.2 Å². The van der Waals surface area contributed by atoms with E-state index in [-0.39, 0.29) is 18.3 Å². The molecule has 1 aromatic heterocycles. The number of hydrogen-bond donors (Lipinski definition) is 0. The topological polar surface area (TPSA) is 45.7 Å². The number of nitrogens with zero attached hydrogens (tertiary/aromatic N) is 3. The van der Waals surface area contributed by atoms with E-state index in [2.05, 4.69) is 11.0 Å². The van der Waals surface area contributed by atoms with Gasteiger partial charge in [-0.25, -0.2) is 9.37 Å². The lowest BCUT2D eigenvalue weighted by Gasteiger charge is -2.21. The number of halogens is 1. The quantitative estimate of drug-likeness (QED) is 0.547. The second kappa shape index (κ2) is 9.33. The predicted molar refractivity (Wildman–Crippen MR) is 117 cm³/mol. The average molecular weight is 416 g/mol. The van der Waals surface area contributed by atoms with Crippen LogP contribution in [0.4, 0.5) is 9.52 Å². The van der Waals surface area contributed by atoms with Crippen LogP contribution in [0.25, 0.3) is 10.2 Å². The maximum atomic E-state index is 13.8. The summed E-state index contributed by atoms with van der Waals surface area (Å²) in [5.74, 6) is -0.642. The van der Waals surface area contributed by atoms with E-state index in [1.807, 2.05) is 34.0 Å². The van der Waals surface area contributed by atoms with Gasteiger partial charge in [-0.1, -0.05) is 35.6 Å². The van der Waals surface area contributed by atoms with Gasteiger partial charge in [0.1, 0.15) is 0 Å². The molecule has 0 N–H and O–H groups in total. The van der Waals surface area contributed by atoms with Crippen molar-refractivity contribution in [2.75, 3.05) is 38.7 Å². The summed E-state index contributed by atoms with van der Waals surface area (Å²) in [5, 5.41) is 0.651. The molecule has 29 heavy (non-hydrogen) atoms. The van der Waals surface area contributed by atoms with Gasteiger partial charge in [-0.2, -0.15) is 0 Å². The Labute approximate surface area is 174 Å². The minimum atomic E-state index is -0.481. The smallest absolute Gasteiger partial charge is 0.266 e. The van der Waals surface area contributed by atoms with Gasteiger partial charge < -0.3 is 9.64 Å². The van der Waals surface area contributed by atoms with E-state index in [1.54, 1.807) is 17.0 Å². The number of para-hydroxylation sites is 1. The second-order valence-corrected chi connectivity index (χ2v) is 8.27. The van der Waals surface area contributed by atoms with Crippen molar-refractivity contribution < 1.29 is 13.9 Å². The summed E-state index contributed by atoms with van der Waals surface area (Å²) in [6, 6.07) is 10.2. The van der Waals surface area contributed by atoms with E-state index < -0.39 is 5.82 Å². The maximum absolute atomic E-state index is 13.8. The van der Waals surface area contributed by atoms with Gasteiger partial charge in [-0.15, -0.1) is 0 Å². The first-order valence-electron chi connectivity index (χ1n) is 9.56. The molecule has 3 rings (SSSR count). The van der Waals surface area contributed by atoms with Crippen LogP contribution < -0.4 is 9.64 Å². The van der Waals surface area contributed by atoms with Crippen molar-refractivity contribution in [1.29, 1.82) is 0 Å². The number of anilines is 1. The lowest BCUT2D eigenvalue weighted by molar-refractivity contribution is -0.120. The van der Waals surface area contributed by atoms with E-state index in [1.165, 1.54) is 23.5 Å². The highest BCUT2D eigenvalue weighted by Crippen LogP contribution is 2.33. The molecule has 0 radical (unpaired) electrons. The van der Waals surface area contributed by atoms with Crippen LogP contribution in [-0.4, -0.2) is 49.6 Å². The highest BCUT2D eigenvalue weighted by atomic mass is 32.1. The SMILES string of the molecule is Cc1ccc(C)c2sc(N(CCCN(C)C)C(=O)COc3ccccc3F)nc12. The normalized spacial score (nSPS) is 11.2. The van der Waals surface area contributed by atoms with Crippen molar-refractivity contribution in [1.82, 2.24) is 9.88 Å². The minimum absolute atomic E-state index is 0.0741.